The number of hydrogen-bond donors (Lipinski definition) is 0. The fourth-order valence-electron chi connectivity index (χ4n) is 2.09. The Morgan fingerprint density at radius 1 is 1.50 bits per heavy atom. The largest absolute Gasteiger partial charge is 0.338 e. The zero-order valence-corrected chi connectivity index (χ0v) is 13.6. The molecule has 2 aromatic heterocycles. The van der Waals surface area contributed by atoms with E-state index in [0.29, 0.717) is 6.54 Å². The van der Waals surface area contributed by atoms with Crippen LogP contribution in [-0.4, -0.2) is 37.4 Å². The van der Waals surface area contributed by atoms with Crippen molar-refractivity contribution in [1.29, 1.82) is 0 Å². The standard InChI is InChI=1S/C13H18BrN5O/c1-9-12(14)7-16-19(9)10(2)13(20)17(3)8-11-5-6-15-18(11)4/h5-7,10H,8H2,1-4H3. The number of hydrogen-bond acceptors (Lipinski definition) is 3. The van der Waals surface area contributed by atoms with Gasteiger partial charge in [-0.1, -0.05) is 0 Å². The molecule has 0 bridgehead atoms. The summed E-state index contributed by atoms with van der Waals surface area (Å²) in [4.78, 5) is 14.2. The van der Waals surface area contributed by atoms with Gasteiger partial charge in [-0.3, -0.25) is 14.2 Å². The minimum atomic E-state index is -0.334. The molecule has 0 radical (unpaired) electrons. The van der Waals surface area contributed by atoms with Gasteiger partial charge in [-0.05, 0) is 35.8 Å². The van der Waals surface area contributed by atoms with Crippen LogP contribution in [0.5, 0.6) is 0 Å². The summed E-state index contributed by atoms with van der Waals surface area (Å²) in [6.07, 6.45) is 3.44. The summed E-state index contributed by atoms with van der Waals surface area (Å²) in [6, 6.07) is 1.57. The Hall–Kier alpha value is -1.63. The van der Waals surface area contributed by atoms with Gasteiger partial charge in [-0.15, -0.1) is 0 Å². The first kappa shape index (κ1) is 14.8. The molecule has 0 saturated carbocycles. The van der Waals surface area contributed by atoms with Gasteiger partial charge in [0.05, 0.1) is 28.6 Å². The highest BCUT2D eigenvalue weighted by Gasteiger charge is 2.22. The molecule has 0 aliphatic carbocycles. The molecule has 1 atom stereocenters. The van der Waals surface area contributed by atoms with Crippen LogP contribution >= 0.6 is 15.9 Å². The van der Waals surface area contributed by atoms with Crippen LogP contribution < -0.4 is 0 Å². The Balaban J connectivity index is 2.10. The summed E-state index contributed by atoms with van der Waals surface area (Å²) in [7, 11) is 3.66. The molecule has 0 aromatic carbocycles. The van der Waals surface area contributed by atoms with Gasteiger partial charge in [0.1, 0.15) is 6.04 Å². The number of likely N-dealkylation sites (N-methyl/N-ethyl adjacent to an activating group) is 1. The number of carbonyl (C=O) groups is 1. The van der Waals surface area contributed by atoms with Gasteiger partial charge >= 0.3 is 0 Å². The Morgan fingerprint density at radius 3 is 2.70 bits per heavy atom. The van der Waals surface area contributed by atoms with Crippen molar-refractivity contribution in [3.05, 3.63) is 34.3 Å². The average Bonchev–Trinajstić information content (AvgIpc) is 2.96. The minimum Gasteiger partial charge on any atom is -0.338 e. The molecule has 2 rings (SSSR count). The maximum Gasteiger partial charge on any atom is 0.247 e. The fraction of sp³-hybridized carbons (Fsp3) is 0.462. The molecule has 7 heteroatoms. The first-order valence-electron chi connectivity index (χ1n) is 6.33. The summed E-state index contributed by atoms with van der Waals surface area (Å²) in [5, 5.41) is 8.34. The molecule has 0 spiro atoms. The summed E-state index contributed by atoms with van der Waals surface area (Å²) in [5.41, 5.74) is 1.94. The van der Waals surface area contributed by atoms with E-state index in [4.69, 9.17) is 0 Å². The van der Waals surface area contributed by atoms with E-state index in [-0.39, 0.29) is 11.9 Å². The van der Waals surface area contributed by atoms with Gasteiger partial charge in [0.25, 0.3) is 0 Å². The summed E-state index contributed by atoms with van der Waals surface area (Å²) in [5.74, 6) is 0.0184. The number of nitrogens with zero attached hydrogens (tertiary/aromatic N) is 5. The highest BCUT2D eigenvalue weighted by molar-refractivity contribution is 9.10. The van der Waals surface area contributed by atoms with E-state index in [0.717, 1.165) is 15.9 Å². The molecular formula is C13H18BrN5O. The van der Waals surface area contributed by atoms with Gasteiger partial charge in [0.2, 0.25) is 5.91 Å². The molecule has 2 aromatic rings. The van der Waals surface area contributed by atoms with Crippen LogP contribution in [0.15, 0.2) is 22.9 Å². The predicted octanol–water partition coefficient (Wildman–Crippen LogP) is 1.91. The van der Waals surface area contributed by atoms with Crippen molar-refractivity contribution in [2.75, 3.05) is 7.05 Å². The number of halogens is 1. The van der Waals surface area contributed by atoms with E-state index in [9.17, 15) is 4.79 Å². The highest BCUT2D eigenvalue weighted by Crippen LogP contribution is 2.19. The van der Waals surface area contributed by atoms with Gasteiger partial charge in [0.15, 0.2) is 0 Å². The Kier molecular flexibility index (Phi) is 4.27. The topological polar surface area (TPSA) is 56.0 Å². The van der Waals surface area contributed by atoms with E-state index in [1.54, 1.807) is 33.7 Å². The first-order chi connectivity index (χ1) is 9.41. The maximum atomic E-state index is 12.5. The van der Waals surface area contributed by atoms with Crippen molar-refractivity contribution in [3.8, 4) is 0 Å². The molecule has 0 N–H and O–H groups in total. The lowest BCUT2D eigenvalue weighted by atomic mass is 10.2. The Morgan fingerprint density at radius 2 is 2.20 bits per heavy atom. The summed E-state index contributed by atoms with van der Waals surface area (Å²) in [6.45, 7) is 4.32. The third kappa shape index (κ3) is 2.77. The average molecular weight is 340 g/mol. The van der Waals surface area contributed by atoms with Crippen LogP contribution in [0.25, 0.3) is 0 Å². The second-order valence-electron chi connectivity index (χ2n) is 4.84. The van der Waals surface area contributed by atoms with Crippen LogP contribution in [0.1, 0.15) is 24.4 Å². The van der Waals surface area contributed by atoms with E-state index in [1.165, 1.54) is 0 Å². The second-order valence-corrected chi connectivity index (χ2v) is 5.69. The minimum absolute atomic E-state index is 0.0184. The molecule has 6 nitrogen and oxygen atoms in total. The molecule has 1 unspecified atom stereocenters. The molecule has 1 amide bonds. The Labute approximate surface area is 126 Å². The SMILES string of the molecule is Cc1c(Br)cnn1C(C)C(=O)N(C)Cc1ccnn1C. The second kappa shape index (κ2) is 5.78. The van der Waals surface area contributed by atoms with Crippen LogP contribution in [-0.2, 0) is 18.4 Å². The van der Waals surface area contributed by atoms with Crippen molar-refractivity contribution in [2.24, 2.45) is 7.05 Å². The quantitative estimate of drug-likeness (QED) is 0.854. The lowest BCUT2D eigenvalue weighted by Gasteiger charge is -2.22. The van der Waals surface area contributed by atoms with Crippen molar-refractivity contribution in [3.63, 3.8) is 0 Å². The monoisotopic (exact) mass is 339 g/mol. The normalized spacial score (nSPS) is 12.4. The van der Waals surface area contributed by atoms with Gasteiger partial charge < -0.3 is 4.90 Å². The van der Waals surface area contributed by atoms with E-state index < -0.39 is 0 Å². The van der Waals surface area contributed by atoms with Crippen LogP contribution in [0.2, 0.25) is 0 Å². The van der Waals surface area contributed by atoms with Gasteiger partial charge in [-0.2, -0.15) is 10.2 Å². The molecule has 0 saturated heterocycles. The van der Waals surface area contributed by atoms with E-state index in [2.05, 4.69) is 26.1 Å². The van der Waals surface area contributed by atoms with Crippen molar-refractivity contribution >= 4 is 21.8 Å². The molecule has 2 heterocycles. The van der Waals surface area contributed by atoms with Gasteiger partial charge in [0, 0.05) is 20.3 Å². The van der Waals surface area contributed by atoms with Crippen LogP contribution in [0, 0.1) is 6.92 Å². The zero-order valence-electron chi connectivity index (χ0n) is 12.0. The molecule has 0 aliphatic rings. The fourth-order valence-corrected chi connectivity index (χ4v) is 2.37. The molecule has 20 heavy (non-hydrogen) atoms. The molecule has 108 valence electrons. The third-order valence-corrected chi connectivity index (χ3v) is 4.19. The van der Waals surface area contributed by atoms with Crippen molar-refractivity contribution < 1.29 is 4.79 Å². The van der Waals surface area contributed by atoms with Crippen LogP contribution in [0.3, 0.4) is 0 Å². The number of carbonyl (C=O) groups excluding carboxylic acids is 1. The predicted molar refractivity (Wildman–Crippen MR) is 79.1 cm³/mol. The molecule has 0 fully saturated rings. The lowest BCUT2D eigenvalue weighted by molar-refractivity contribution is -0.133. The van der Waals surface area contributed by atoms with E-state index >= 15 is 0 Å². The Bertz CT molecular complexity index is 618. The first-order valence-corrected chi connectivity index (χ1v) is 7.12. The maximum absolute atomic E-state index is 12.5. The number of aryl methyl sites for hydroxylation is 1. The smallest absolute Gasteiger partial charge is 0.247 e. The van der Waals surface area contributed by atoms with Crippen molar-refractivity contribution in [2.45, 2.75) is 26.4 Å². The summed E-state index contributed by atoms with van der Waals surface area (Å²) < 4.78 is 4.41. The summed E-state index contributed by atoms with van der Waals surface area (Å²) >= 11 is 3.41. The lowest BCUT2D eigenvalue weighted by Crippen LogP contribution is -2.34. The van der Waals surface area contributed by atoms with Crippen molar-refractivity contribution in [1.82, 2.24) is 24.5 Å². The third-order valence-electron chi connectivity index (χ3n) is 3.41. The zero-order chi connectivity index (χ0) is 14.9. The number of rotatable bonds is 4. The molecule has 0 aliphatic heterocycles. The van der Waals surface area contributed by atoms with E-state index in [1.807, 2.05) is 27.0 Å². The van der Waals surface area contributed by atoms with Gasteiger partial charge in [-0.25, -0.2) is 0 Å². The number of amides is 1. The number of aromatic nitrogens is 4. The molecular weight excluding hydrogens is 322 g/mol. The highest BCUT2D eigenvalue weighted by atomic mass is 79.9. The van der Waals surface area contributed by atoms with Crippen LogP contribution in [0.4, 0.5) is 0 Å².